The lowest BCUT2D eigenvalue weighted by atomic mass is 10.2. The van der Waals surface area contributed by atoms with Crippen molar-refractivity contribution in [2.24, 2.45) is 0 Å². The molecule has 20 heavy (non-hydrogen) atoms. The number of hydrogen-bond donors (Lipinski definition) is 1. The lowest BCUT2D eigenvalue weighted by Crippen LogP contribution is -2.50. The van der Waals surface area contributed by atoms with E-state index in [0.717, 1.165) is 0 Å². The van der Waals surface area contributed by atoms with E-state index in [1.807, 2.05) is 13.8 Å². The van der Waals surface area contributed by atoms with Crippen LogP contribution in [0.25, 0.3) is 0 Å². The van der Waals surface area contributed by atoms with Crippen molar-refractivity contribution in [3.8, 4) is 5.88 Å². The Morgan fingerprint density at radius 3 is 2.90 bits per heavy atom. The van der Waals surface area contributed by atoms with Crippen LogP contribution in [0.15, 0.2) is 12.3 Å². The van der Waals surface area contributed by atoms with Gasteiger partial charge in [0.2, 0.25) is 11.8 Å². The van der Waals surface area contributed by atoms with E-state index in [9.17, 15) is 9.59 Å². The molecule has 1 aromatic rings. The molecule has 0 saturated carbocycles. The third-order valence-corrected chi connectivity index (χ3v) is 3.00. The molecular formula is C13H16ClN3O3. The number of ether oxygens (including phenoxy) is 1. The zero-order chi connectivity index (χ0) is 14.7. The predicted octanol–water partition coefficient (Wildman–Crippen LogP) is 1.09. The SMILES string of the molecule is CC(C)Oc1ncc(C(=O)N2CCNC(=O)C2)cc1Cl. The topological polar surface area (TPSA) is 71.5 Å². The molecule has 0 spiro atoms. The molecule has 108 valence electrons. The highest BCUT2D eigenvalue weighted by Crippen LogP contribution is 2.24. The van der Waals surface area contributed by atoms with Gasteiger partial charge in [0, 0.05) is 19.3 Å². The number of nitrogens with zero attached hydrogens (tertiary/aromatic N) is 2. The molecule has 0 aliphatic carbocycles. The maximum absolute atomic E-state index is 12.2. The maximum Gasteiger partial charge on any atom is 0.256 e. The highest BCUT2D eigenvalue weighted by atomic mass is 35.5. The molecular weight excluding hydrogens is 282 g/mol. The number of carbonyl (C=O) groups excluding carboxylic acids is 2. The van der Waals surface area contributed by atoms with Crippen LogP contribution in [0.3, 0.4) is 0 Å². The van der Waals surface area contributed by atoms with Crippen molar-refractivity contribution >= 4 is 23.4 Å². The summed E-state index contributed by atoms with van der Waals surface area (Å²) in [6, 6.07) is 1.51. The summed E-state index contributed by atoms with van der Waals surface area (Å²) in [6.45, 7) is 4.72. The fourth-order valence-corrected chi connectivity index (χ4v) is 2.06. The number of aromatic nitrogens is 1. The number of nitrogens with one attached hydrogen (secondary N) is 1. The van der Waals surface area contributed by atoms with E-state index in [2.05, 4.69) is 10.3 Å². The van der Waals surface area contributed by atoms with Crippen molar-refractivity contribution in [1.82, 2.24) is 15.2 Å². The number of hydrogen-bond acceptors (Lipinski definition) is 4. The highest BCUT2D eigenvalue weighted by Gasteiger charge is 2.23. The molecule has 0 unspecified atom stereocenters. The van der Waals surface area contributed by atoms with Crippen LogP contribution in [0.4, 0.5) is 0 Å². The molecule has 2 amide bonds. The van der Waals surface area contributed by atoms with E-state index in [1.54, 1.807) is 0 Å². The first-order chi connectivity index (χ1) is 9.47. The number of piperazine rings is 1. The Kier molecular flexibility index (Phi) is 4.44. The smallest absolute Gasteiger partial charge is 0.256 e. The maximum atomic E-state index is 12.2. The molecule has 1 aliphatic rings. The fraction of sp³-hybridized carbons (Fsp3) is 0.462. The average Bonchev–Trinajstić information content (AvgIpc) is 2.40. The van der Waals surface area contributed by atoms with Crippen LogP contribution in [-0.2, 0) is 4.79 Å². The van der Waals surface area contributed by atoms with Gasteiger partial charge in [0.1, 0.15) is 5.02 Å². The van der Waals surface area contributed by atoms with Crippen LogP contribution >= 0.6 is 11.6 Å². The number of halogens is 1. The lowest BCUT2D eigenvalue weighted by Gasteiger charge is -2.26. The zero-order valence-electron chi connectivity index (χ0n) is 11.4. The first-order valence-electron chi connectivity index (χ1n) is 6.35. The van der Waals surface area contributed by atoms with E-state index in [1.165, 1.54) is 17.2 Å². The third kappa shape index (κ3) is 3.39. The first kappa shape index (κ1) is 14.6. The highest BCUT2D eigenvalue weighted by molar-refractivity contribution is 6.32. The molecule has 1 aromatic heterocycles. The minimum Gasteiger partial charge on any atom is -0.474 e. The average molecular weight is 298 g/mol. The lowest BCUT2D eigenvalue weighted by molar-refractivity contribution is -0.123. The molecule has 0 bridgehead atoms. The van der Waals surface area contributed by atoms with Crippen LogP contribution in [0.2, 0.25) is 5.02 Å². The van der Waals surface area contributed by atoms with E-state index in [4.69, 9.17) is 16.3 Å². The van der Waals surface area contributed by atoms with Gasteiger partial charge in [0.15, 0.2) is 0 Å². The minimum absolute atomic E-state index is 0.0488. The minimum atomic E-state index is -0.259. The quantitative estimate of drug-likeness (QED) is 0.907. The summed E-state index contributed by atoms with van der Waals surface area (Å²) >= 11 is 6.05. The summed E-state index contributed by atoms with van der Waals surface area (Å²) in [5.74, 6) is -0.122. The van der Waals surface area contributed by atoms with Gasteiger partial charge in [-0.25, -0.2) is 4.98 Å². The molecule has 0 atom stereocenters. The van der Waals surface area contributed by atoms with Gasteiger partial charge in [-0.15, -0.1) is 0 Å². The van der Waals surface area contributed by atoms with E-state index in [0.29, 0.717) is 24.5 Å². The Morgan fingerprint density at radius 1 is 1.55 bits per heavy atom. The Bertz CT molecular complexity index is 534. The van der Waals surface area contributed by atoms with Gasteiger partial charge < -0.3 is 15.0 Å². The van der Waals surface area contributed by atoms with Crippen molar-refractivity contribution in [2.45, 2.75) is 20.0 Å². The molecule has 0 aromatic carbocycles. The summed E-state index contributed by atoms with van der Waals surface area (Å²) in [5.41, 5.74) is 0.348. The van der Waals surface area contributed by atoms with Crippen molar-refractivity contribution in [3.63, 3.8) is 0 Å². The molecule has 1 saturated heterocycles. The molecule has 1 fully saturated rings. The van der Waals surface area contributed by atoms with Crippen LogP contribution < -0.4 is 10.1 Å². The monoisotopic (exact) mass is 297 g/mol. The molecule has 2 rings (SSSR count). The van der Waals surface area contributed by atoms with Crippen LogP contribution in [0.1, 0.15) is 24.2 Å². The second-order valence-corrected chi connectivity index (χ2v) is 5.16. The number of carbonyl (C=O) groups is 2. The normalized spacial score (nSPS) is 15.2. The van der Waals surface area contributed by atoms with Crippen molar-refractivity contribution < 1.29 is 14.3 Å². The first-order valence-corrected chi connectivity index (χ1v) is 6.73. The van der Waals surface area contributed by atoms with Crippen LogP contribution in [0, 0.1) is 0 Å². The van der Waals surface area contributed by atoms with Gasteiger partial charge in [-0.3, -0.25) is 9.59 Å². The number of rotatable bonds is 3. The van der Waals surface area contributed by atoms with Crippen LogP contribution in [0.5, 0.6) is 5.88 Å². The number of amides is 2. The molecule has 2 heterocycles. The van der Waals surface area contributed by atoms with E-state index < -0.39 is 0 Å². The molecule has 7 heteroatoms. The fourth-order valence-electron chi connectivity index (χ4n) is 1.85. The van der Waals surface area contributed by atoms with Crippen molar-refractivity contribution in [2.75, 3.05) is 19.6 Å². The van der Waals surface area contributed by atoms with Gasteiger partial charge >= 0.3 is 0 Å². The Balaban J connectivity index is 2.14. The summed E-state index contributed by atoms with van der Waals surface area (Å²) in [7, 11) is 0. The summed E-state index contributed by atoms with van der Waals surface area (Å²) in [4.78, 5) is 29.0. The molecule has 0 radical (unpaired) electrons. The predicted molar refractivity (Wildman–Crippen MR) is 73.9 cm³/mol. The Morgan fingerprint density at radius 2 is 2.30 bits per heavy atom. The summed E-state index contributed by atoms with van der Waals surface area (Å²) < 4.78 is 5.41. The Hall–Kier alpha value is -1.82. The van der Waals surface area contributed by atoms with E-state index >= 15 is 0 Å². The molecule has 1 aliphatic heterocycles. The molecule has 6 nitrogen and oxygen atoms in total. The largest absolute Gasteiger partial charge is 0.474 e. The third-order valence-electron chi connectivity index (χ3n) is 2.73. The second-order valence-electron chi connectivity index (χ2n) is 4.75. The van der Waals surface area contributed by atoms with Crippen molar-refractivity contribution in [1.29, 1.82) is 0 Å². The van der Waals surface area contributed by atoms with Crippen LogP contribution in [-0.4, -0.2) is 47.4 Å². The van der Waals surface area contributed by atoms with Crippen molar-refractivity contribution in [3.05, 3.63) is 22.8 Å². The van der Waals surface area contributed by atoms with Gasteiger partial charge in [-0.2, -0.15) is 0 Å². The summed E-state index contributed by atoms with van der Waals surface area (Å²) in [5, 5.41) is 2.95. The van der Waals surface area contributed by atoms with Gasteiger partial charge in [0.25, 0.3) is 5.91 Å². The van der Waals surface area contributed by atoms with Gasteiger partial charge in [-0.05, 0) is 19.9 Å². The molecule has 1 N–H and O–H groups in total. The standard InChI is InChI=1S/C13H16ClN3O3/c1-8(2)20-12-10(14)5-9(6-16-12)13(19)17-4-3-15-11(18)7-17/h5-6,8H,3-4,7H2,1-2H3,(H,15,18). The Labute approximate surface area is 122 Å². The second kappa shape index (κ2) is 6.09. The van der Waals surface area contributed by atoms with Gasteiger partial charge in [0.05, 0.1) is 18.2 Å². The van der Waals surface area contributed by atoms with Gasteiger partial charge in [-0.1, -0.05) is 11.6 Å². The zero-order valence-corrected chi connectivity index (χ0v) is 12.1. The summed E-state index contributed by atoms with van der Waals surface area (Å²) in [6.07, 6.45) is 1.37. The van der Waals surface area contributed by atoms with E-state index in [-0.39, 0.29) is 29.5 Å². The number of pyridine rings is 1.